The minimum atomic E-state index is -0.823. The van der Waals surface area contributed by atoms with E-state index < -0.39 is 5.97 Å². The summed E-state index contributed by atoms with van der Waals surface area (Å²) in [6, 6.07) is 17.2. The van der Waals surface area contributed by atoms with E-state index in [1.54, 1.807) is 4.68 Å². The van der Waals surface area contributed by atoms with Crippen molar-refractivity contribution in [2.75, 3.05) is 5.73 Å². The number of carboxylic acids is 1. The number of aliphatic carboxylic acids is 1. The van der Waals surface area contributed by atoms with E-state index in [1.165, 1.54) is 0 Å². The molecule has 0 saturated heterocycles. The largest absolute Gasteiger partial charge is 0.481 e. The Bertz CT molecular complexity index is 825. The average Bonchev–Trinajstić information content (AvgIpc) is 2.98. The van der Waals surface area contributed by atoms with Gasteiger partial charge in [-0.3, -0.25) is 4.79 Å². The van der Waals surface area contributed by atoms with E-state index in [2.05, 4.69) is 5.10 Å². The van der Waals surface area contributed by atoms with E-state index >= 15 is 0 Å². The molecule has 0 saturated carbocycles. The van der Waals surface area contributed by atoms with Gasteiger partial charge in [-0.1, -0.05) is 30.3 Å². The molecular weight excluding hydrogens is 290 g/mol. The Labute approximate surface area is 134 Å². The van der Waals surface area contributed by atoms with E-state index in [-0.39, 0.29) is 6.42 Å². The fourth-order valence-corrected chi connectivity index (χ4v) is 2.48. The van der Waals surface area contributed by atoms with Crippen molar-refractivity contribution in [1.29, 1.82) is 0 Å². The highest BCUT2D eigenvalue weighted by Gasteiger charge is 2.13. The number of rotatable bonds is 5. The summed E-state index contributed by atoms with van der Waals surface area (Å²) < 4.78 is 1.77. The second-order valence-electron chi connectivity index (χ2n) is 5.30. The van der Waals surface area contributed by atoms with Crippen LogP contribution in [0.15, 0.2) is 60.8 Å². The molecule has 0 spiro atoms. The Balaban J connectivity index is 2.05. The van der Waals surface area contributed by atoms with Crippen LogP contribution < -0.4 is 5.73 Å². The molecule has 3 N–H and O–H groups in total. The van der Waals surface area contributed by atoms with Gasteiger partial charge < -0.3 is 10.8 Å². The third-order valence-electron chi connectivity index (χ3n) is 3.58. The SMILES string of the molecule is Nc1cccc(-c2nn(-c3ccccc3)cc2CCC(=O)O)c1. The topological polar surface area (TPSA) is 81.1 Å². The Hall–Kier alpha value is -3.08. The van der Waals surface area contributed by atoms with Crippen LogP contribution in [-0.2, 0) is 11.2 Å². The van der Waals surface area contributed by atoms with Crippen molar-refractivity contribution in [2.45, 2.75) is 12.8 Å². The second-order valence-corrected chi connectivity index (χ2v) is 5.30. The molecule has 23 heavy (non-hydrogen) atoms. The summed E-state index contributed by atoms with van der Waals surface area (Å²) in [5.41, 5.74) is 9.99. The summed E-state index contributed by atoms with van der Waals surface area (Å²) in [5, 5.41) is 13.6. The van der Waals surface area contributed by atoms with E-state index in [9.17, 15) is 4.79 Å². The third kappa shape index (κ3) is 3.40. The van der Waals surface area contributed by atoms with Crippen LogP contribution in [0.25, 0.3) is 16.9 Å². The van der Waals surface area contributed by atoms with Crippen molar-refractivity contribution in [1.82, 2.24) is 9.78 Å². The summed E-state index contributed by atoms with van der Waals surface area (Å²) in [4.78, 5) is 10.9. The van der Waals surface area contributed by atoms with Crippen LogP contribution in [0.3, 0.4) is 0 Å². The quantitative estimate of drug-likeness (QED) is 0.710. The summed E-state index contributed by atoms with van der Waals surface area (Å²) in [6.45, 7) is 0. The second kappa shape index (κ2) is 6.36. The van der Waals surface area contributed by atoms with Gasteiger partial charge in [-0.05, 0) is 36.2 Å². The van der Waals surface area contributed by atoms with Crippen molar-refractivity contribution >= 4 is 11.7 Å². The van der Waals surface area contributed by atoms with Gasteiger partial charge in [0, 0.05) is 23.9 Å². The molecule has 0 aliphatic rings. The van der Waals surface area contributed by atoms with Crippen LogP contribution in [-0.4, -0.2) is 20.9 Å². The molecule has 0 aliphatic carbocycles. The van der Waals surface area contributed by atoms with Crippen LogP contribution >= 0.6 is 0 Å². The number of anilines is 1. The number of hydrogen-bond acceptors (Lipinski definition) is 3. The number of nitrogens with zero attached hydrogens (tertiary/aromatic N) is 2. The Kier molecular flexibility index (Phi) is 4.10. The smallest absolute Gasteiger partial charge is 0.303 e. The lowest BCUT2D eigenvalue weighted by atomic mass is 10.0. The Morgan fingerprint density at radius 3 is 2.61 bits per heavy atom. The lowest BCUT2D eigenvalue weighted by molar-refractivity contribution is -0.136. The van der Waals surface area contributed by atoms with E-state index in [0.717, 1.165) is 22.5 Å². The molecule has 0 atom stereocenters. The number of aryl methyl sites for hydroxylation is 1. The highest BCUT2D eigenvalue weighted by molar-refractivity contribution is 5.70. The fraction of sp³-hybridized carbons (Fsp3) is 0.111. The first kappa shape index (κ1) is 14.8. The maximum absolute atomic E-state index is 10.9. The first-order chi connectivity index (χ1) is 11.1. The summed E-state index contributed by atoms with van der Waals surface area (Å²) in [7, 11) is 0. The molecule has 0 aliphatic heterocycles. The maximum Gasteiger partial charge on any atom is 0.303 e. The first-order valence-corrected chi connectivity index (χ1v) is 7.35. The Morgan fingerprint density at radius 2 is 1.91 bits per heavy atom. The molecule has 3 rings (SSSR count). The molecular formula is C18H17N3O2. The van der Waals surface area contributed by atoms with Gasteiger partial charge in [0.25, 0.3) is 0 Å². The number of hydrogen-bond donors (Lipinski definition) is 2. The third-order valence-corrected chi connectivity index (χ3v) is 3.58. The zero-order valence-corrected chi connectivity index (χ0v) is 12.5. The maximum atomic E-state index is 10.9. The molecule has 1 aromatic heterocycles. The molecule has 116 valence electrons. The van der Waals surface area contributed by atoms with Crippen LogP contribution in [0, 0.1) is 0 Å². The number of carboxylic acid groups (broad SMARTS) is 1. The van der Waals surface area contributed by atoms with Gasteiger partial charge in [0.05, 0.1) is 11.4 Å². The Morgan fingerprint density at radius 1 is 1.13 bits per heavy atom. The van der Waals surface area contributed by atoms with Crippen LogP contribution in [0.5, 0.6) is 0 Å². The molecule has 3 aromatic rings. The van der Waals surface area contributed by atoms with Crippen molar-refractivity contribution in [3.8, 4) is 16.9 Å². The number of nitrogens with two attached hydrogens (primary N) is 1. The normalized spacial score (nSPS) is 10.6. The monoisotopic (exact) mass is 307 g/mol. The van der Waals surface area contributed by atoms with Crippen molar-refractivity contribution in [3.05, 3.63) is 66.4 Å². The fourth-order valence-electron chi connectivity index (χ4n) is 2.48. The predicted molar refractivity (Wildman–Crippen MR) is 89.4 cm³/mol. The molecule has 0 bridgehead atoms. The van der Waals surface area contributed by atoms with Crippen LogP contribution in [0.1, 0.15) is 12.0 Å². The van der Waals surface area contributed by atoms with Crippen LogP contribution in [0.2, 0.25) is 0 Å². The number of para-hydroxylation sites is 1. The number of benzene rings is 2. The van der Waals surface area contributed by atoms with E-state index in [0.29, 0.717) is 12.1 Å². The summed E-state index contributed by atoms with van der Waals surface area (Å²) >= 11 is 0. The number of aromatic nitrogens is 2. The minimum absolute atomic E-state index is 0.0653. The lowest BCUT2D eigenvalue weighted by Gasteiger charge is -2.02. The van der Waals surface area contributed by atoms with Crippen molar-refractivity contribution in [2.24, 2.45) is 0 Å². The van der Waals surface area contributed by atoms with Crippen LogP contribution in [0.4, 0.5) is 5.69 Å². The highest BCUT2D eigenvalue weighted by Crippen LogP contribution is 2.26. The van der Waals surface area contributed by atoms with E-state index in [1.807, 2.05) is 60.8 Å². The summed E-state index contributed by atoms with van der Waals surface area (Å²) in [5.74, 6) is -0.823. The predicted octanol–water partition coefficient (Wildman–Crippen LogP) is 3.14. The van der Waals surface area contributed by atoms with Gasteiger partial charge in [0.1, 0.15) is 0 Å². The molecule has 0 fully saturated rings. The van der Waals surface area contributed by atoms with Gasteiger partial charge in [-0.15, -0.1) is 0 Å². The molecule has 2 aromatic carbocycles. The average molecular weight is 307 g/mol. The first-order valence-electron chi connectivity index (χ1n) is 7.35. The zero-order chi connectivity index (χ0) is 16.2. The molecule has 0 radical (unpaired) electrons. The van der Waals surface area contributed by atoms with Gasteiger partial charge in [-0.2, -0.15) is 5.10 Å². The molecule has 5 nitrogen and oxygen atoms in total. The standard InChI is InChI=1S/C18H17N3O2/c19-15-6-4-5-13(11-15)18-14(9-10-17(22)23)12-21(20-18)16-7-2-1-3-8-16/h1-8,11-12H,9-10,19H2,(H,22,23). The molecule has 1 heterocycles. The molecule has 5 heteroatoms. The van der Waals surface area contributed by atoms with Gasteiger partial charge in [0.15, 0.2) is 0 Å². The van der Waals surface area contributed by atoms with Crippen molar-refractivity contribution < 1.29 is 9.90 Å². The lowest BCUT2D eigenvalue weighted by Crippen LogP contribution is -1.98. The molecule has 0 amide bonds. The zero-order valence-electron chi connectivity index (χ0n) is 12.5. The van der Waals surface area contributed by atoms with Gasteiger partial charge in [-0.25, -0.2) is 4.68 Å². The molecule has 0 unspecified atom stereocenters. The number of nitrogen functional groups attached to an aromatic ring is 1. The van der Waals surface area contributed by atoms with Crippen molar-refractivity contribution in [3.63, 3.8) is 0 Å². The number of carbonyl (C=O) groups is 1. The summed E-state index contributed by atoms with van der Waals surface area (Å²) in [6.07, 6.45) is 2.37. The highest BCUT2D eigenvalue weighted by atomic mass is 16.4. The van der Waals surface area contributed by atoms with Gasteiger partial charge >= 0.3 is 5.97 Å². The minimum Gasteiger partial charge on any atom is -0.481 e. The van der Waals surface area contributed by atoms with Gasteiger partial charge in [0.2, 0.25) is 0 Å². The van der Waals surface area contributed by atoms with E-state index in [4.69, 9.17) is 10.8 Å².